The zero-order valence-electron chi connectivity index (χ0n) is 9.78. The molecule has 0 aliphatic heterocycles. The van der Waals surface area contributed by atoms with Crippen LogP contribution in [0.1, 0.15) is 50.9 Å². The fraction of sp³-hybridized carbons (Fsp3) is 0.833. The third-order valence-electron chi connectivity index (χ3n) is 3.76. The highest BCUT2D eigenvalue weighted by atomic mass is 32.1. The lowest BCUT2D eigenvalue weighted by Crippen LogP contribution is -2.16. The van der Waals surface area contributed by atoms with E-state index in [0.29, 0.717) is 6.04 Å². The van der Waals surface area contributed by atoms with Crippen LogP contribution in [0.3, 0.4) is 0 Å². The van der Waals surface area contributed by atoms with Gasteiger partial charge in [0.15, 0.2) is 4.77 Å². The molecule has 4 heteroatoms. The van der Waals surface area contributed by atoms with Crippen LogP contribution in [0.4, 0.5) is 0 Å². The molecule has 3 rings (SSSR count). The van der Waals surface area contributed by atoms with Gasteiger partial charge in [-0.2, -0.15) is 5.10 Å². The molecule has 1 aromatic rings. The summed E-state index contributed by atoms with van der Waals surface area (Å²) in [6.07, 6.45) is 7.74. The minimum atomic E-state index is 0.660. The van der Waals surface area contributed by atoms with Crippen molar-refractivity contribution in [3.63, 3.8) is 0 Å². The molecule has 0 spiro atoms. The Balaban J connectivity index is 1.95. The zero-order valence-corrected chi connectivity index (χ0v) is 10.6. The van der Waals surface area contributed by atoms with E-state index in [2.05, 4.69) is 21.7 Å². The highest BCUT2D eigenvalue weighted by Gasteiger charge is 2.43. The summed E-state index contributed by atoms with van der Waals surface area (Å²) < 4.78 is 3.18. The maximum absolute atomic E-state index is 5.40. The molecule has 0 radical (unpaired) electrons. The first-order valence-electron chi connectivity index (χ1n) is 6.47. The molecule has 0 saturated heterocycles. The highest BCUT2D eigenvalue weighted by Crippen LogP contribution is 2.52. The van der Waals surface area contributed by atoms with Crippen LogP contribution in [0.5, 0.6) is 0 Å². The summed E-state index contributed by atoms with van der Waals surface area (Å²) in [4.78, 5) is 0. The second kappa shape index (κ2) is 3.99. The number of aromatic amines is 1. The van der Waals surface area contributed by atoms with Gasteiger partial charge in [-0.3, -0.25) is 5.10 Å². The number of aryl methyl sites for hydroxylation is 1. The van der Waals surface area contributed by atoms with E-state index in [1.165, 1.54) is 31.5 Å². The summed E-state index contributed by atoms with van der Waals surface area (Å²) in [7, 11) is 0. The second-order valence-electron chi connectivity index (χ2n) is 5.23. The Hall–Kier alpha value is -0.640. The summed E-state index contributed by atoms with van der Waals surface area (Å²) in [5.41, 5.74) is 0. The van der Waals surface area contributed by atoms with Crippen LogP contribution < -0.4 is 0 Å². The van der Waals surface area contributed by atoms with E-state index in [9.17, 15) is 0 Å². The predicted molar refractivity (Wildman–Crippen MR) is 65.9 cm³/mol. The van der Waals surface area contributed by atoms with Crippen LogP contribution in [-0.4, -0.2) is 14.8 Å². The van der Waals surface area contributed by atoms with E-state index >= 15 is 0 Å². The van der Waals surface area contributed by atoms with Crippen LogP contribution in [0.25, 0.3) is 0 Å². The van der Waals surface area contributed by atoms with Crippen molar-refractivity contribution in [2.45, 2.75) is 51.5 Å². The van der Waals surface area contributed by atoms with Gasteiger partial charge >= 0.3 is 0 Å². The van der Waals surface area contributed by atoms with Crippen LogP contribution in [-0.2, 0) is 6.42 Å². The lowest BCUT2D eigenvalue weighted by Gasteiger charge is -2.19. The molecule has 2 saturated carbocycles. The predicted octanol–water partition coefficient (Wildman–Crippen LogP) is 3.25. The molecule has 0 amide bonds. The van der Waals surface area contributed by atoms with E-state index < -0.39 is 0 Å². The smallest absolute Gasteiger partial charge is 0.195 e. The molecule has 3 nitrogen and oxygen atoms in total. The first kappa shape index (κ1) is 10.5. The summed E-state index contributed by atoms with van der Waals surface area (Å²) in [6.45, 7) is 2.20. The Kier molecular flexibility index (Phi) is 2.62. The van der Waals surface area contributed by atoms with E-state index in [1.807, 2.05) is 0 Å². The minimum Gasteiger partial charge on any atom is -0.300 e. The standard InChI is InChI=1S/C12H19N3S/c1-2-3-10-13-14-12(16)15(10)11(8-4-5-8)9-6-7-9/h8-9,11H,2-7H2,1H3,(H,14,16). The van der Waals surface area contributed by atoms with Gasteiger partial charge in [0.1, 0.15) is 5.82 Å². The summed E-state index contributed by atoms with van der Waals surface area (Å²) in [5, 5.41) is 7.38. The maximum atomic E-state index is 5.40. The van der Waals surface area contributed by atoms with Crippen molar-refractivity contribution in [2.75, 3.05) is 0 Å². The molecule has 0 atom stereocenters. The van der Waals surface area contributed by atoms with E-state index in [-0.39, 0.29) is 0 Å². The minimum absolute atomic E-state index is 0.660. The Morgan fingerprint density at radius 3 is 2.50 bits per heavy atom. The number of hydrogen-bond acceptors (Lipinski definition) is 2. The average Bonchev–Trinajstić information content (AvgIpc) is 3.14. The molecule has 1 aromatic heterocycles. The highest BCUT2D eigenvalue weighted by molar-refractivity contribution is 7.71. The van der Waals surface area contributed by atoms with Gasteiger partial charge < -0.3 is 4.57 Å². The van der Waals surface area contributed by atoms with Crippen molar-refractivity contribution in [3.8, 4) is 0 Å². The molecule has 1 N–H and O–H groups in total. The number of nitrogens with one attached hydrogen (secondary N) is 1. The first-order valence-corrected chi connectivity index (χ1v) is 6.88. The van der Waals surface area contributed by atoms with Crippen molar-refractivity contribution >= 4 is 12.2 Å². The van der Waals surface area contributed by atoms with Gasteiger partial charge in [-0.1, -0.05) is 6.92 Å². The van der Waals surface area contributed by atoms with Crippen molar-refractivity contribution in [1.82, 2.24) is 14.8 Å². The van der Waals surface area contributed by atoms with Gasteiger partial charge in [0.05, 0.1) is 0 Å². The number of hydrogen-bond donors (Lipinski definition) is 1. The van der Waals surface area contributed by atoms with Crippen molar-refractivity contribution in [2.24, 2.45) is 11.8 Å². The van der Waals surface area contributed by atoms with E-state index in [4.69, 9.17) is 12.2 Å². The normalized spacial score (nSPS) is 20.6. The molecule has 0 aromatic carbocycles. The van der Waals surface area contributed by atoms with Crippen LogP contribution in [0.15, 0.2) is 0 Å². The molecule has 2 aliphatic carbocycles. The number of H-pyrrole nitrogens is 1. The fourth-order valence-electron chi connectivity index (χ4n) is 2.73. The van der Waals surface area contributed by atoms with Gasteiger partial charge in [0, 0.05) is 12.5 Å². The van der Waals surface area contributed by atoms with Crippen molar-refractivity contribution < 1.29 is 0 Å². The lowest BCUT2D eigenvalue weighted by molar-refractivity contribution is 0.378. The quantitative estimate of drug-likeness (QED) is 0.797. The topological polar surface area (TPSA) is 33.6 Å². The molecular weight excluding hydrogens is 218 g/mol. The monoisotopic (exact) mass is 237 g/mol. The van der Waals surface area contributed by atoms with Crippen molar-refractivity contribution in [1.29, 1.82) is 0 Å². The largest absolute Gasteiger partial charge is 0.300 e. The molecule has 0 unspecified atom stereocenters. The number of rotatable bonds is 5. The Morgan fingerprint density at radius 2 is 2.00 bits per heavy atom. The van der Waals surface area contributed by atoms with Crippen LogP contribution in [0.2, 0.25) is 0 Å². The summed E-state index contributed by atoms with van der Waals surface area (Å²) in [5.74, 6) is 2.94. The second-order valence-corrected chi connectivity index (χ2v) is 5.62. The summed E-state index contributed by atoms with van der Waals surface area (Å²) in [6, 6.07) is 0.660. The molecule has 1 heterocycles. The molecule has 2 fully saturated rings. The molecule has 16 heavy (non-hydrogen) atoms. The van der Waals surface area contributed by atoms with Gasteiger partial charge in [0.25, 0.3) is 0 Å². The third kappa shape index (κ3) is 1.83. The maximum Gasteiger partial charge on any atom is 0.195 e. The lowest BCUT2D eigenvalue weighted by atomic mass is 10.1. The van der Waals surface area contributed by atoms with Gasteiger partial charge in [-0.15, -0.1) is 0 Å². The Bertz CT molecular complexity index is 414. The van der Waals surface area contributed by atoms with Crippen LogP contribution in [0, 0.1) is 16.6 Å². The SMILES string of the molecule is CCCc1n[nH]c(=S)n1C(C1CC1)C1CC1. The molecular formula is C12H19N3S. The number of nitrogens with zero attached hydrogens (tertiary/aromatic N) is 2. The average molecular weight is 237 g/mol. The molecule has 88 valence electrons. The van der Waals surface area contributed by atoms with E-state index in [0.717, 1.165) is 29.4 Å². The van der Waals surface area contributed by atoms with Gasteiger partial charge in [-0.05, 0) is 56.2 Å². The molecule has 2 aliphatic rings. The Labute approximate surface area is 101 Å². The van der Waals surface area contributed by atoms with E-state index in [1.54, 1.807) is 0 Å². The van der Waals surface area contributed by atoms with Crippen LogP contribution >= 0.6 is 12.2 Å². The molecule has 0 bridgehead atoms. The van der Waals surface area contributed by atoms with Gasteiger partial charge in [0.2, 0.25) is 0 Å². The summed E-state index contributed by atoms with van der Waals surface area (Å²) >= 11 is 5.40. The van der Waals surface area contributed by atoms with Crippen molar-refractivity contribution in [3.05, 3.63) is 10.6 Å². The Morgan fingerprint density at radius 1 is 1.38 bits per heavy atom. The number of aromatic nitrogens is 3. The fourth-order valence-corrected chi connectivity index (χ4v) is 3.00. The van der Waals surface area contributed by atoms with Gasteiger partial charge in [-0.25, -0.2) is 0 Å². The third-order valence-corrected chi connectivity index (χ3v) is 4.05. The zero-order chi connectivity index (χ0) is 11.1. The first-order chi connectivity index (χ1) is 7.81.